The van der Waals surface area contributed by atoms with Crippen LogP contribution < -0.4 is 4.74 Å². The van der Waals surface area contributed by atoms with Gasteiger partial charge in [0, 0.05) is 10.7 Å². The van der Waals surface area contributed by atoms with Gasteiger partial charge in [-0.2, -0.15) is 4.98 Å². The van der Waals surface area contributed by atoms with Gasteiger partial charge in [-0.05, 0) is 30.3 Å². The fourth-order valence-electron chi connectivity index (χ4n) is 1.87. The number of alkyl halides is 1. The predicted octanol–water partition coefficient (Wildman–Crippen LogP) is 4.63. The van der Waals surface area contributed by atoms with Gasteiger partial charge < -0.3 is 4.74 Å². The quantitative estimate of drug-likeness (QED) is 0.652. The van der Waals surface area contributed by atoms with E-state index in [1.165, 1.54) is 0 Å². The zero-order valence-electron chi connectivity index (χ0n) is 9.88. The minimum absolute atomic E-state index is 0.342. The SMILES string of the molecule is ClCc1c(Oc2cccc(Br)c2)nc2ccccn12. The van der Waals surface area contributed by atoms with Gasteiger partial charge in [0.25, 0.3) is 0 Å². The van der Waals surface area contributed by atoms with Crippen LogP contribution in [0.25, 0.3) is 5.65 Å². The van der Waals surface area contributed by atoms with E-state index in [2.05, 4.69) is 20.9 Å². The Hall–Kier alpha value is -1.52. The molecule has 0 N–H and O–H groups in total. The van der Waals surface area contributed by atoms with E-state index in [1.54, 1.807) is 0 Å². The lowest BCUT2D eigenvalue weighted by Crippen LogP contribution is -1.91. The van der Waals surface area contributed by atoms with Crippen LogP contribution in [0.5, 0.6) is 11.6 Å². The number of halogens is 2. The highest BCUT2D eigenvalue weighted by Crippen LogP contribution is 2.28. The van der Waals surface area contributed by atoms with Crippen molar-refractivity contribution in [2.24, 2.45) is 0 Å². The highest BCUT2D eigenvalue weighted by Gasteiger charge is 2.13. The van der Waals surface area contributed by atoms with Crippen LogP contribution in [0.1, 0.15) is 5.69 Å². The van der Waals surface area contributed by atoms with Crippen molar-refractivity contribution < 1.29 is 4.74 Å². The number of rotatable bonds is 3. The number of nitrogens with zero attached hydrogens (tertiary/aromatic N) is 2. The summed E-state index contributed by atoms with van der Waals surface area (Å²) in [4.78, 5) is 4.45. The topological polar surface area (TPSA) is 26.5 Å². The molecule has 3 nitrogen and oxygen atoms in total. The van der Waals surface area contributed by atoms with Gasteiger partial charge in [-0.1, -0.05) is 28.1 Å². The van der Waals surface area contributed by atoms with E-state index >= 15 is 0 Å². The van der Waals surface area contributed by atoms with Crippen molar-refractivity contribution >= 4 is 33.2 Å². The molecule has 19 heavy (non-hydrogen) atoms. The van der Waals surface area contributed by atoms with E-state index < -0.39 is 0 Å². The van der Waals surface area contributed by atoms with E-state index in [0.29, 0.717) is 11.8 Å². The molecule has 0 unspecified atom stereocenters. The van der Waals surface area contributed by atoms with Gasteiger partial charge in [0.1, 0.15) is 17.1 Å². The molecule has 3 aromatic rings. The fourth-order valence-corrected chi connectivity index (χ4v) is 2.49. The lowest BCUT2D eigenvalue weighted by atomic mass is 10.3. The summed E-state index contributed by atoms with van der Waals surface area (Å²) in [6.07, 6.45) is 1.92. The summed E-state index contributed by atoms with van der Waals surface area (Å²) >= 11 is 9.41. The molecule has 0 fully saturated rings. The molecule has 0 saturated heterocycles. The summed E-state index contributed by atoms with van der Waals surface area (Å²) in [5.41, 5.74) is 1.67. The second kappa shape index (κ2) is 5.23. The second-order valence-electron chi connectivity index (χ2n) is 3.99. The highest BCUT2D eigenvalue weighted by molar-refractivity contribution is 9.10. The molecule has 3 rings (SSSR count). The number of hydrogen-bond donors (Lipinski definition) is 0. The maximum Gasteiger partial charge on any atom is 0.242 e. The number of benzene rings is 1. The Kier molecular flexibility index (Phi) is 3.44. The third-order valence-electron chi connectivity index (χ3n) is 2.73. The van der Waals surface area contributed by atoms with Crippen LogP contribution in [-0.4, -0.2) is 9.38 Å². The highest BCUT2D eigenvalue weighted by atomic mass is 79.9. The first-order valence-electron chi connectivity index (χ1n) is 5.73. The molecule has 2 heterocycles. The van der Waals surface area contributed by atoms with Crippen molar-refractivity contribution in [1.82, 2.24) is 9.38 Å². The molecule has 1 aromatic carbocycles. The minimum atomic E-state index is 0.342. The third-order valence-corrected chi connectivity index (χ3v) is 3.48. The summed E-state index contributed by atoms with van der Waals surface area (Å²) in [7, 11) is 0. The summed E-state index contributed by atoms with van der Waals surface area (Å²) in [5, 5.41) is 0. The van der Waals surface area contributed by atoms with Crippen molar-refractivity contribution in [3.8, 4) is 11.6 Å². The second-order valence-corrected chi connectivity index (χ2v) is 5.17. The average Bonchev–Trinajstić information content (AvgIpc) is 2.75. The maximum absolute atomic E-state index is 6.00. The zero-order valence-corrected chi connectivity index (χ0v) is 12.2. The van der Waals surface area contributed by atoms with Crippen LogP contribution in [0, 0.1) is 0 Å². The zero-order chi connectivity index (χ0) is 13.2. The number of aromatic nitrogens is 2. The number of fused-ring (bicyclic) bond motifs is 1. The largest absolute Gasteiger partial charge is 0.437 e. The molecular weight excluding hydrogens is 328 g/mol. The normalized spacial score (nSPS) is 10.8. The molecule has 0 radical (unpaired) electrons. The molecule has 0 amide bonds. The van der Waals surface area contributed by atoms with Gasteiger partial charge in [0.2, 0.25) is 5.88 Å². The molecule has 2 aromatic heterocycles. The third kappa shape index (κ3) is 2.46. The number of hydrogen-bond acceptors (Lipinski definition) is 2. The van der Waals surface area contributed by atoms with Gasteiger partial charge in [-0.3, -0.25) is 4.40 Å². The summed E-state index contributed by atoms with van der Waals surface area (Å²) in [6.45, 7) is 0. The first-order chi connectivity index (χ1) is 9.28. The summed E-state index contributed by atoms with van der Waals surface area (Å²) in [5.74, 6) is 1.61. The van der Waals surface area contributed by atoms with Crippen molar-refractivity contribution in [2.75, 3.05) is 0 Å². The average molecular weight is 338 g/mol. The lowest BCUT2D eigenvalue weighted by molar-refractivity contribution is 0.461. The molecule has 0 atom stereocenters. The van der Waals surface area contributed by atoms with Gasteiger partial charge in [0.15, 0.2) is 0 Å². The Balaban J connectivity index is 2.05. The molecule has 0 aliphatic heterocycles. The van der Waals surface area contributed by atoms with E-state index in [-0.39, 0.29) is 0 Å². The number of imidazole rings is 1. The Bertz CT molecular complexity index is 726. The smallest absolute Gasteiger partial charge is 0.242 e. The van der Waals surface area contributed by atoms with Crippen LogP contribution in [0.2, 0.25) is 0 Å². The number of pyridine rings is 1. The fraction of sp³-hybridized carbons (Fsp3) is 0.0714. The van der Waals surface area contributed by atoms with Crippen LogP contribution in [0.3, 0.4) is 0 Å². The maximum atomic E-state index is 6.00. The molecular formula is C14H10BrClN2O. The first-order valence-corrected chi connectivity index (χ1v) is 7.06. The van der Waals surface area contributed by atoms with Crippen LogP contribution >= 0.6 is 27.5 Å². The van der Waals surface area contributed by atoms with E-state index in [4.69, 9.17) is 16.3 Å². The van der Waals surface area contributed by atoms with Crippen LogP contribution in [0.4, 0.5) is 0 Å². The van der Waals surface area contributed by atoms with Crippen LogP contribution in [0.15, 0.2) is 53.1 Å². The molecule has 0 saturated carbocycles. The lowest BCUT2D eigenvalue weighted by Gasteiger charge is -2.04. The van der Waals surface area contributed by atoms with Gasteiger partial charge in [-0.25, -0.2) is 0 Å². The Morgan fingerprint density at radius 3 is 2.89 bits per heavy atom. The van der Waals surface area contributed by atoms with Crippen LogP contribution in [-0.2, 0) is 5.88 Å². The van der Waals surface area contributed by atoms with Crippen molar-refractivity contribution in [1.29, 1.82) is 0 Å². The molecule has 0 bridgehead atoms. The van der Waals surface area contributed by atoms with Gasteiger partial charge >= 0.3 is 0 Å². The predicted molar refractivity (Wildman–Crippen MR) is 79.0 cm³/mol. The standard InChI is InChI=1S/C14H10BrClN2O/c15-10-4-3-5-11(8-10)19-14-12(9-16)18-7-2-1-6-13(18)17-14/h1-8H,9H2. The van der Waals surface area contributed by atoms with Gasteiger partial charge in [-0.15, -0.1) is 11.6 Å². The van der Waals surface area contributed by atoms with Crippen molar-refractivity contribution in [3.63, 3.8) is 0 Å². The molecule has 5 heteroatoms. The molecule has 0 spiro atoms. The molecule has 0 aliphatic rings. The molecule has 96 valence electrons. The molecule has 0 aliphatic carbocycles. The number of ether oxygens (including phenoxy) is 1. The van der Waals surface area contributed by atoms with E-state index in [1.807, 2.05) is 53.1 Å². The Morgan fingerprint density at radius 1 is 1.21 bits per heavy atom. The monoisotopic (exact) mass is 336 g/mol. The Morgan fingerprint density at radius 2 is 2.11 bits per heavy atom. The first kappa shape index (κ1) is 12.5. The Labute approximate surface area is 123 Å². The van der Waals surface area contributed by atoms with E-state index in [9.17, 15) is 0 Å². The summed E-state index contributed by atoms with van der Waals surface area (Å²) in [6, 6.07) is 13.4. The van der Waals surface area contributed by atoms with Gasteiger partial charge in [0.05, 0.1) is 5.88 Å². The van der Waals surface area contributed by atoms with Crippen molar-refractivity contribution in [3.05, 3.63) is 58.8 Å². The minimum Gasteiger partial charge on any atom is -0.437 e. The van der Waals surface area contributed by atoms with Crippen molar-refractivity contribution in [2.45, 2.75) is 5.88 Å². The summed E-state index contributed by atoms with van der Waals surface area (Å²) < 4.78 is 8.71. The van der Waals surface area contributed by atoms with E-state index in [0.717, 1.165) is 21.6 Å².